The zero-order valence-electron chi connectivity index (χ0n) is 14.7. The second-order valence-electron chi connectivity index (χ2n) is 6.70. The smallest absolute Gasteiger partial charge is 0.258 e. The molecule has 0 amide bonds. The fraction of sp³-hybridized carbons (Fsp3) is 0.421. The standard InChI is InChI=1S/C19H21FN4O/c1-12-7-9-24(10-8-12)19-22-17(13(2)18(25)23(19)4)14-5-6-16(21-3)15(20)11-14/h5-6,11-12H,7-10H2,1-2,4H3. The first-order valence-corrected chi connectivity index (χ1v) is 8.42. The van der Waals surface area contributed by atoms with Crippen LogP contribution in [0.5, 0.6) is 0 Å². The molecule has 1 aliphatic heterocycles. The molecule has 5 nitrogen and oxygen atoms in total. The zero-order chi connectivity index (χ0) is 18.1. The normalized spacial score (nSPS) is 15.2. The van der Waals surface area contributed by atoms with Crippen LogP contribution in [-0.4, -0.2) is 22.6 Å². The molecule has 0 unspecified atom stereocenters. The van der Waals surface area contributed by atoms with E-state index < -0.39 is 5.82 Å². The first-order chi connectivity index (χ1) is 11.9. The number of benzene rings is 1. The van der Waals surface area contributed by atoms with E-state index in [0.29, 0.717) is 28.7 Å². The summed E-state index contributed by atoms with van der Waals surface area (Å²) in [5.74, 6) is 0.698. The Morgan fingerprint density at radius 1 is 1.32 bits per heavy atom. The van der Waals surface area contributed by atoms with Gasteiger partial charge in [-0.05, 0) is 31.7 Å². The molecule has 0 N–H and O–H groups in total. The molecule has 1 aliphatic rings. The molecule has 1 fully saturated rings. The maximum absolute atomic E-state index is 14.0. The molecule has 0 atom stereocenters. The van der Waals surface area contributed by atoms with Gasteiger partial charge in [0, 0.05) is 31.3 Å². The van der Waals surface area contributed by atoms with Crippen LogP contribution in [0.15, 0.2) is 23.0 Å². The number of anilines is 1. The van der Waals surface area contributed by atoms with Crippen LogP contribution in [0.3, 0.4) is 0 Å². The lowest BCUT2D eigenvalue weighted by Crippen LogP contribution is -2.38. The van der Waals surface area contributed by atoms with Gasteiger partial charge in [0.2, 0.25) is 11.6 Å². The molecule has 2 heterocycles. The van der Waals surface area contributed by atoms with Gasteiger partial charge >= 0.3 is 0 Å². The number of aromatic nitrogens is 2. The van der Waals surface area contributed by atoms with Crippen molar-refractivity contribution in [2.45, 2.75) is 26.7 Å². The van der Waals surface area contributed by atoms with Crippen molar-refractivity contribution in [1.82, 2.24) is 9.55 Å². The quantitative estimate of drug-likeness (QED) is 0.783. The number of halogens is 1. The van der Waals surface area contributed by atoms with Crippen molar-refractivity contribution in [1.29, 1.82) is 0 Å². The highest BCUT2D eigenvalue weighted by atomic mass is 19.1. The van der Waals surface area contributed by atoms with Crippen LogP contribution in [0.4, 0.5) is 16.0 Å². The molecule has 1 aromatic carbocycles. The number of hydrogen-bond acceptors (Lipinski definition) is 3. The summed E-state index contributed by atoms with van der Waals surface area (Å²) in [6.45, 7) is 12.6. The lowest BCUT2D eigenvalue weighted by molar-refractivity contribution is 0.431. The minimum Gasteiger partial charge on any atom is -0.342 e. The summed E-state index contributed by atoms with van der Waals surface area (Å²) in [6.07, 6.45) is 2.13. The van der Waals surface area contributed by atoms with E-state index in [9.17, 15) is 9.18 Å². The second kappa shape index (κ2) is 6.67. The summed E-state index contributed by atoms with van der Waals surface area (Å²) in [5.41, 5.74) is 1.31. The minimum atomic E-state index is -0.595. The summed E-state index contributed by atoms with van der Waals surface area (Å²) in [5, 5.41) is 0. The third-order valence-electron chi connectivity index (χ3n) is 4.90. The molecule has 6 heteroatoms. The Kier molecular flexibility index (Phi) is 4.58. The summed E-state index contributed by atoms with van der Waals surface area (Å²) in [6, 6.07) is 4.36. The SMILES string of the molecule is [C-]#[N+]c1ccc(-c2nc(N3CCC(C)CC3)n(C)c(=O)c2C)cc1F. The van der Waals surface area contributed by atoms with E-state index in [1.165, 1.54) is 12.1 Å². The van der Waals surface area contributed by atoms with Gasteiger partial charge in [-0.15, -0.1) is 0 Å². The molecule has 1 saturated heterocycles. The maximum Gasteiger partial charge on any atom is 0.258 e. The van der Waals surface area contributed by atoms with E-state index in [1.807, 2.05) is 0 Å². The van der Waals surface area contributed by atoms with Crippen molar-refractivity contribution in [3.05, 3.63) is 51.4 Å². The van der Waals surface area contributed by atoms with E-state index in [2.05, 4.69) is 16.7 Å². The number of hydrogen-bond donors (Lipinski definition) is 0. The third-order valence-corrected chi connectivity index (χ3v) is 4.90. The van der Waals surface area contributed by atoms with Gasteiger partial charge in [-0.1, -0.05) is 19.1 Å². The zero-order valence-corrected chi connectivity index (χ0v) is 14.7. The van der Waals surface area contributed by atoms with E-state index in [1.54, 1.807) is 24.6 Å². The third kappa shape index (κ3) is 3.14. The molecule has 0 radical (unpaired) electrons. The predicted octanol–water partition coefficient (Wildman–Crippen LogP) is 3.68. The Bertz CT molecular complexity index is 905. The fourth-order valence-corrected chi connectivity index (χ4v) is 3.22. The van der Waals surface area contributed by atoms with Gasteiger partial charge in [-0.25, -0.2) is 14.2 Å². The Morgan fingerprint density at radius 2 is 2.00 bits per heavy atom. The van der Waals surface area contributed by atoms with Crippen molar-refractivity contribution in [3.63, 3.8) is 0 Å². The molecule has 1 aromatic heterocycles. The summed E-state index contributed by atoms with van der Waals surface area (Å²) >= 11 is 0. The molecule has 2 aromatic rings. The Hall–Kier alpha value is -2.68. The van der Waals surface area contributed by atoms with Crippen molar-refractivity contribution in [3.8, 4) is 11.3 Å². The van der Waals surface area contributed by atoms with Crippen LogP contribution < -0.4 is 10.5 Å². The molecule has 3 rings (SSSR count). The highest BCUT2D eigenvalue weighted by Gasteiger charge is 2.22. The average molecular weight is 340 g/mol. The molecular weight excluding hydrogens is 319 g/mol. The highest BCUT2D eigenvalue weighted by Crippen LogP contribution is 2.28. The maximum atomic E-state index is 14.0. The van der Waals surface area contributed by atoms with Gasteiger partial charge < -0.3 is 4.90 Å². The number of nitrogens with zero attached hydrogens (tertiary/aromatic N) is 4. The van der Waals surface area contributed by atoms with Crippen molar-refractivity contribution < 1.29 is 4.39 Å². The van der Waals surface area contributed by atoms with Gasteiger partial charge in [0.05, 0.1) is 12.3 Å². The van der Waals surface area contributed by atoms with Crippen molar-refractivity contribution >= 4 is 11.6 Å². The van der Waals surface area contributed by atoms with Crippen LogP contribution in [-0.2, 0) is 7.05 Å². The fourth-order valence-electron chi connectivity index (χ4n) is 3.22. The van der Waals surface area contributed by atoms with Crippen LogP contribution in [0.25, 0.3) is 16.1 Å². The van der Waals surface area contributed by atoms with Gasteiger partial charge in [0.15, 0.2) is 0 Å². The van der Waals surface area contributed by atoms with Crippen LogP contribution in [0.1, 0.15) is 25.3 Å². The van der Waals surface area contributed by atoms with E-state index in [-0.39, 0.29) is 11.2 Å². The highest BCUT2D eigenvalue weighted by molar-refractivity contribution is 5.67. The summed E-state index contributed by atoms with van der Waals surface area (Å²) in [7, 11) is 1.72. The lowest BCUT2D eigenvalue weighted by Gasteiger charge is -2.32. The molecule has 0 saturated carbocycles. The largest absolute Gasteiger partial charge is 0.342 e. The molecule has 25 heavy (non-hydrogen) atoms. The number of rotatable bonds is 2. The molecule has 0 spiro atoms. The van der Waals surface area contributed by atoms with E-state index in [4.69, 9.17) is 11.6 Å². The second-order valence-corrected chi connectivity index (χ2v) is 6.70. The molecule has 0 bridgehead atoms. The first-order valence-electron chi connectivity index (χ1n) is 8.42. The van der Waals surface area contributed by atoms with Crippen LogP contribution in [0, 0.1) is 25.2 Å². The van der Waals surface area contributed by atoms with Gasteiger partial charge in [-0.2, -0.15) is 0 Å². The van der Waals surface area contributed by atoms with Crippen LogP contribution in [0.2, 0.25) is 0 Å². The minimum absolute atomic E-state index is 0.0320. The first kappa shape index (κ1) is 17.2. The lowest BCUT2D eigenvalue weighted by atomic mass is 9.99. The van der Waals surface area contributed by atoms with Crippen molar-refractivity contribution in [2.75, 3.05) is 18.0 Å². The molecule has 130 valence electrons. The van der Waals surface area contributed by atoms with Crippen LogP contribution >= 0.6 is 0 Å². The van der Waals surface area contributed by atoms with Gasteiger partial charge in [-0.3, -0.25) is 9.36 Å². The number of piperidine rings is 1. The Balaban J connectivity index is 2.10. The Morgan fingerprint density at radius 3 is 2.60 bits per heavy atom. The summed E-state index contributed by atoms with van der Waals surface area (Å²) in [4.78, 5) is 22.6. The average Bonchev–Trinajstić information content (AvgIpc) is 2.61. The monoisotopic (exact) mass is 340 g/mol. The molecular formula is C19H21FN4O. The predicted molar refractivity (Wildman–Crippen MR) is 96.5 cm³/mol. The van der Waals surface area contributed by atoms with Gasteiger partial charge in [0.1, 0.15) is 5.82 Å². The summed E-state index contributed by atoms with van der Waals surface area (Å²) < 4.78 is 15.6. The topological polar surface area (TPSA) is 42.5 Å². The van der Waals surface area contributed by atoms with Crippen molar-refractivity contribution in [2.24, 2.45) is 13.0 Å². The Labute approximate surface area is 146 Å². The van der Waals surface area contributed by atoms with E-state index in [0.717, 1.165) is 25.9 Å². The molecule has 0 aliphatic carbocycles. The van der Waals surface area contributed by atoms with E-state index >= 15 is 0 Å². The van der Waals surface area contributed by atoms with Gasteiger partial charge in [0.25, 0.3) is 5.56 Å².